The molecule has 2 aliphatic heterocycles. The zero-order valence-electron chi connectivity index (χ0n) is 14.2. The maximum atomic E-state index is 10.1. The third-order valence-electron chi connectivity index (χ3n) is 5.56. The lowest BCUT2D eigenvalue weighted by atomic mass is 9.69. The van der Waals surface area contributed by atoms with E-state index < -0.39 is 6.10 Å². The van der Waals surface area contributed by atoms with Gasteiger partial charge in [-0.2, -0.15) is 0 Å². The Balaban J connectivity index is 1.83. The molecule has 24 heavy (non-hydrogen) atoms. The van der Waals surface area contributed by atoms with Crippen LogP contribution >= 0.6 is 0 Å². The summed E-state index contributed by atoms with van der Waals surface area (Å²) in [6, 6.07) is 4.15. The van der Waals surface area contributed by atoms with Gasteiger partial charge in [0.2, 0.25) is 0 Å². The highest BCUT2D eigenvalue weighted by atomic mass is 16.5. The molecular weight excluding hydrogens is 304 g/mol. The van der Waals surface area contributed by atoms with Gasteiger partial charge in [0.05, 0.1) is 18.6 Å². The van der Waals surface area contributed by atoms with Crippen molar-refractivity contribution in [2.24, 2.45) is 4.99 Å². The summed E-state index contributed by atoms with van der Waals surface area (Å²) < 4.78 is 11.9. The minimum absolute atomic E-state index is 0.0256. The van der Waals surface area contributed by atoms with Crippen LogP contribution in [0, 0.1) is 0 Å². The fourth-order valence-corrected chi connectivity index (χ4v) is 4.35. The normalized spacial score (nSPS) is 31.5. The predicted molar refractivity (Wildman–Crippen MR) is 93.2 cm³/mol. The summed E-state index contributed by atoms with van der Waals surface area (Å²) in [4.78, 5) is 6.54. The molecule has 1 aromatic carbocycles. The van der Waals surface area contributed by atoms with E-state index in [1.807, 2.05) is 25.4 Å². The van der Waals surface area contributed by atoms with E-state index >= 15 is 0 Å². The van der Waals surface area contributed by atoms with Crippen molar-refractivity contribution >= 4 is 6.21 Å². The van der Waals surface area contributed by atoms with Gasteiger partial charge in [-0.1, -0.05) is 18.2 Å². The first-order valence-electron chi connectivity index (χ1n) is 8.55. The Kier molecular flexibility index (Phi) is 3.85. The van der Waals surface area contributed by atoms with Gasteiger partial charge in [0.25, 0.3) is 0 Å². The molecule has 0 radical (unpaired) electrons. The molecule has 0 bridgehead atoms. The summed E-state index contributed by atoms with van der Waals surface area (Å²) in [5.41, 5.74) is 2.39. The van der Waals surface area contributed by atoms with Crippen molar-refractivity contribution < 1.29 is 14.6 Å². The zero-order chi connectivity index (χ0) is 16.7. The molecule has 1 N–H and O–H groups in total. The zero-order valence-corrected chi connectivity index (χ0v) is 14.2. The van der Waals surface area contributed by atoms with Crippen molar-refractivity contribution in [1.82, 2.24) is 4.90 Å². The van der Waals surface area contributed by atoms with Crippen molar-refractivity contribution in [3.05, 3.63) is 35.4 Å². The van der Waals surface area contributed by atoms with Gasteiger partial charge >= 0.3 is 0 Å². The SMILES string of the molecule is CN=CCN1CC[C@@]23C=C[C@H](O)C[C@@H]2Oc2c(OC)ccc(c23)C1. The number of aliphatic hydroxyl groups excluding tert-OH is 1. The van der Waals surface area contributed by atoms with Gasteiger partial charge in [-0.25, -0.2) is 0 Å². The molecule has 0 saturated heterocycles. The van der Waals surface area contributed by atoms with Crippen molar-refractivity contribution in [3.63, 3.8) is 0 Å². The smallest absolute Gasteiger partial charge is 0.166 e. The van der Waals surface area contributed by atoms with Crippen LogP contribution < -0.4 is 9.47 Å². The first kappa shape index (κ1) is 15.7. The van der Waals surface area contributed by atoms with Crippen LogP contribution in [0.1, 0.15) is 24.0 Å². The summed E-state index contributed by atoms with van der Waals surface area (Å²) >= 11 is 0. The van der Waals surface area contributed by atoms with Gasteiger partial charge < -0.3 is 14.6 Å². The fraction of sp³-hybridized carbons (Fsp3) is 0.526. The molecule has 4 rings (SSSR count). The molecule has 0 saturated carbocycles. The Morgan fingerprint density at radius 3 is 3.17 bits per heavy atom. The van der Waals surface area contributed by atoms with E-state index in [0.29, 0.717) is 6.42 Å². The molecule has 0 amide bonds. The third-order valence-corrected chi connectivity index (χ3v) is 5.56. The summed E-state index contributed by atoms with van der Waals surface area (Å²) in [7, 11) is 3.50. The maximum absolute atomic E-state index is 10.1. The fourth-order valence-electron chi connectivity index (χ4n) is 4.35. The Morgan fingerprint density at radius 2 is 2.38 bits per heavy atom. The standard InChI is InChI=1S/C19H24N2O3/c1-20-8-10-21-9-7-19-6-5-14(22)11-16(19)24-18-15(23-2)4-3-13(12-21)17(18)19/h3-6,8,14,16,22H,7,9-12H2,1-2H3/t14-,16-,19-/m0/s1. The van der Waals surface area contributed by atoms with E-state index in [-0.39, 0.29) is 11.5 Å². The van der Waals surface area contributed by atoms with Crippen LogP contribution in [0.4, 0.5) is 0 Å². The van der Waals surface area contributed by atoms with Gasteiger partial charge in [0.1, 0.15) is 6.10 Å². The molecule has 5 heteroatoms. The van der Waals surface area contributed by atoms with Crippen LogP contribution in [0.3, 0.4) is 0 Å². The average Bonchev–Trinajstić information content (AvgIpc) is 2.83. The molecule has 0 fully saturated rings. The number of methoxy groups -OCH3 is 1. The van der Waals surface area contributed by atoms with E-state index in [4.69, 9.17) is 9.47 Å². The van der Waals surface area contributed by atoms with Crippen molar-refractivity contribution in [2.75, 3.05) is 27.2 Å². The van der Waals surface area contributed by atoms with Crippen LogP contribution in [-0.2, 0) is 12.0 Å². The molecule has 3 aliphatic rings. The van der Waals surface area contributed by atoms with Gasteiger partial charge in [-0.15, -0.1) is 0 Å². The average molecular weight is 328 g/mol. The summed E-state index contributed by atoms with van der Waals surface area (Å²) in [5, 5.41) is 10.1. The highest BCUT2D eigenvalue weighted by Crippen LogP contribution is 2.55. The monoisotopic (exact) mass is 328 g/mol. The van der Waals surface area contributed by atoms with Crippen LogP contribution in [0.25, 0.3) is 0 Å². The van der Waals surface area contributed by atoms with Gasteiger partial charge in [-0.05, 0) is 18.1 Å². The second kappa shape index (κ2) is 5.90. The lowest BCUT2D eigenvalue weighted by Crippen LogP contribution is -2.43. The lowest BCUT2D eigenvalue weighted by molar-refractivity contribution is 0.0818. The summed E-state index contributed by atoms with van der Waals surface area (Å²) in [6.45, 7) is 2.71. The Labute approximate surface area is 142 Å². The van der Waals surface area contributed by atoms with E-state index in [2.05, 4.69) is 22.0 Å². The van der Waals surface area contributed by atoms with Crippen LogP contribution in [0.2, 0.25) is 0 Å². The number of aliphatic imine (C=N–C) groups is 1. The molecule has 128 valence electrons. The Hall–Kier alpha value is -1.85. The minimum Gasteiger partial charge on any atom is -0.493 e. The van der Waals surface area contributed by atoms with Crippen molar-refractivity contribution in [2.45, 2.75) is 37.0 Å². The van der Waals surface area contributed by atoms with Gasteiger partial charge in [-0.3, -0.25) is 9.89 Å². The molecule has 0 aromatic heterocycles. The van der Waals surface area contributed by atoms with Crippen LogP contribution in [0.15, 0.2) is 29.3 Å². The Morgan fingerprint density at radius 1 is 1.50 bits per heavy atom. The highest BCUT2D eigenvalue weighted by molar-refractivity contribution is 5.62. The molecule has 5 nitrogen and oxygen atoms in total. The van der Waals surface area contributed by atoms with Crippen molar-refractivity contribution in [1.29, 1.82) is 0 Å². The number of hydrogen-bond acceptors (Lipinski definition) is 5. The Bertz CT molecular complexity index is 700. The first-order valence-corrected chi connectivity index (χ1v) is 8.55. The van der Waals surface area contributed by atoms with Gasteiger partial charge in [0, 0.05) is 44.9 Å². The molecule has 1 aliphatic carbocycles. The molecule has 1 aromatic rings. The third kappa shape index (κ3) is 2.26. The molecule has 0 unspecified atom stereocenters. The second-order valence-corrected chi connectivity index (χ2v) is 6.87. The molecule has 2 heterocycles. The van der Waals surface area contributed by atoms with Gasteiger partial charge in [0.15, 0.2) is 11.5 Å². The summed E-state index contributed by atoms with van der Waals surface area (Å²) in [5.74, 6) is 1.65. The van der Waals surface area contributed by atoms with Crippen LogP contribution in [0.5, 0.6) is 11.5 Å². The predicted octanol–water partition coefficient (Wildman–Crippen LogP) is 1.92. The molecular formula is C19H24N2O3. The largest absolute Gasteiger partial charge is 0.493 e. The van der Waals surface area contributed by atoms with E-state index in [1.165, 1.54) is 11.1 Å². The number of nitrogens with zero attached hydrogens (tertiary/aromatic N) is 2. The summed E-state index contributed by atoms with van der Waals surface area (Å²) in [6.07, 6.45) is 7.22. The van der Waals surface area contributed by atoms with Crippen molar-refractivity contribution in [3.8, 4) is 11.5 Å². The maximum Gasteiger partial charge on any atom is 0.166 e. The van der Waals surface area contributed by atoms with Crippen LogP contribution in [-0.4, -0.2) is 55.7 Å². The lowest BCUT2D eigenvalue weighted by Gasteiger charge is -2.35. The number of ether oxygens (including phenoxy) is 2. The minimum atomic E-state index is -0.434. The highest BCUT2D eigenvalue weighted by Gasteiger charge is 2.52. The number of aliphatic hydroxyl groups is 1. The van der Waals surface area contributed by atoms with E-state index in [9.17, 15) is 5.11 Å². The molecule has 3 atom stereocenters. The van der Waals surface area contributed by atoms with E-state index in [1.54, 1.807) is 7.11 Å². The number of benzene rings is 1. The molecule has 1 spiro atoms. The quantitative estimate of drug-likeness (QED) is 0.680. The first-order chi connectivity index (χ1) is 11.7. The number of hydrogen-bond donors (Lipinski definition) is 1. The number of rotatable bonds is 3. The second-order valence-electron chi connectivity index (χ2n) is 6.87. The van der Waals surface area contributed by atoms with E-state index in [0.717, 1.165) is 37.6 Å². The topological polar surface area (TPSA) is 54.3 Å².